The van der Waals surface area contributed by atoms with Gasteiger partial charge in [-0.1, -0.05) is 0 Å². The van der Waals surface area contributed by atoms with E-state index in [-0.39, 0.29) is 12.0 Å². The molecule has 0 aliphatic rings. The Labute approximate surface area is 155 Å². The molecular formula is C17H23N3O3S2. The molecule has 0 aromatic carbocycles. The number of hydrogen-bond acceptors (Lipinski definition) is 6. The number of thiophene rings is 1. The van der Waals surface area contributed by atoms with Crippen molar-refractivity contribution in [3.8, 4) is 10.6 Å². The molecule has 2 aromatic rings. The molecule has 0 saturated heterocycles. The molecule has 0 saturated carbocycles. The maximum absolute atomic E-state index is 11.7. The fraction of sp³-hybridized carbons (Fsp3) is 0.471. The average molecular weight is 382 g/mol. The number of urea groups is 1. The number of hydrogen-bond donors (Lipinski definition) is 2. The molecular weight excluding hydrogens is 358 g/mol. The van der Waals surface area contributed by atoms with E-state index in [1.165, 1.54) is 12.0 Å². The van der Waals surface area contributed by atoms with Crippen LogP contribution in [0.1, 0.15) is 29.1 Å². The Morgan fingerprint density at radius 2 is 2.00 bits per heavy atom. The molecule has 0 aliphatic heterocycles. The SMILES string of the molecule is COC(=O)CCCCNC(=O)NCCc1ccc(-c2csc(C)n2)s1. The number of carbonyl (C=O) groups is 2. The Kier molecular flexibility index (Phi) is 7.87. The zero-order chi connectivity index (χ0) is 18.1. The number of unbranched alkanes of at least 4 members (excludes halogenated alkanes) is 1. The van der Waals surface area contributed by atoms with Crippen molar-refractivity contribution in [2.75, 3.05) is 20.2 Å². The molecule has 2 rings (SSSR count). The summed E-state index contributed by atoms with van der Waals surface area (Å²) in [6.07, 6.45) is 2.65. The molecule has 0 radical (unpaired) electrons. The lowest BCUT2D eigenvalue weighted by Gasteiger charge is -2.06. The van der Waals surface area contributed by atoms with Crippen LogP contribution in [0.4, 0.5) is 4.79 Å². The highest BCUT2D eigenvalue weighted by Gasteiger charge is 2.07. The number of carbonyl (C=O) groups excluding carboxylic acids is 2. The van der Waals surface area contributed by atoms with Crippen LogP contribution in [-0.4, -0.2) is 37.2 Å². The Bertz CT molecular complexity index is 697. The van der Waals surface area contributed by atoms with E-state index < -0.39 is 0 Å². The third-order valence-corrected chi connectivity index (χ3v) is 5.45. The molecule has 0 bridgehead atoms. The number of nitrogens with one attached hydrogen (secondary N) is 2. The maximum Gasteiger partial charge on any atom is 0.314 e. The highest BCUT2D eigenvalue weighted by molar-refractivity contribution is 7.16. The number of aromatic nitrogens is 1. The van der Waals surface area contributed by atoms with Gasteiger partial charge in [-0.25, -0.2) is 9.78 Å². The highest BCUT2D eigenvalue weighted by atomic mass is 32.1. The van der Waals surface area contributed by atoms with E-state index in [1.54, 1.807) is 22.7 Å². The van der Waals surface area contributed by atoms with Gasteiger partial charge in [-0.2, -0.15) is 0 Å². The lowest BCUT2D eigenvalue weighted by Crippen LogP contribution is -2.37. The van der Waals surface area contributed by atoms with Crippen LogP contribution in [0.25, 0.3) is 10.6 Å². The topological polar surface area (TPSA) is 80.3 Å². The van der Waals surface area contributed by atoms with Gasteiger partial charge in [0.25, 0.3) is 0 Å². The predicted molar refractivity (Wildman–Crippen MR) is 101 cm³/mol. The second kappa shape index (κ2) is 10.1. The summed E-state index contributed by atoms with van der Waals surface area (Å²) in [5, 5.41) is 8.76. The number of esters is 1. The normalized spacial score (nSPS) is 10.5. The molecule has 0 aliphatic carbocycles. The van der Waals surface area contributed by atoms with Gasteiger partial charge >= 0.3 is 12.0 Å². The Balaban J connectivity index is 1.60. The first kappa shape index (κ1) is 19.4. The summed E-state index contributed by atoms with van der Waals surface area (Å²) in [6.45, 7) is 3.14. The average Bonchev–Trinajstić information content (AvgIpc) is 3.23. The van der Waals surface area contributed by atoms with Crippen LogP contribution in [0.15, 0.2) is 17.5 Å². The zero-order valence-electron chi connectivity index (χ0n) is 14.5. The van der Waals surface area contributed by atoms with Crippen LogP contribution >= 0.6 is 22.7 Å². The lowest BCUT2D eigenvalue weighted by atomic mass is 10.2. The second-order valence-electron chi connectivity index (χ2n) is 5.48. The van der Waals surface area contributed by atoms with Gasteiger partial charge in [-0.05, 0) is 38.3 Å². The monoisotopic (exact) mass is 381 g/mol. The number of nitrogens with zero attached hydrogens (tertiary/aromatic N) is 1. The van der Waals surface area contributed by atoms with Crippen molar-refractivity contribution >= 4 is 34.7 Å². The number of ether oxygens (including phenoxy) is 1. The molecule has 2 aromatic heterocycles. The Morgan fingerprint density at radius 3 is 2.72 bits per heavy atom. The minimum absolute atomic E-state index is 0.176. The highest BCUT2D eigenvalue weighted by Crippen LogP contribution is 2.29. The first-order valence-electron chi connectivity index (χ1n) is 8.18. The third-order valence-electron chi connectivity index (χ3n) is 3.51. The van der Waals surface area contributed by atoms with Crippen molar-refractivity contribution in [3.05, 3.63) is 27.4 Å². The van der Waals surface area contributed by atoms with Gasteiger partial charge in [0, 0.05) is 29.8 Å². The van der Waals surface area contributed by atoms with E-state index >= 15 is 0 Å². The van der Waals surface area contributed by atoms with Crippen LogP contribution in [-0.2, 0) is 16.0 Å². The number of rotatable bonds is 9. The minimum Gasteiger partial charge on any atom is -0.469 e. The molecule has 0 atom stereocenters. The van der Waals surface area contributed by atoms with E-state index in [1.807, 2.05) is 6.92 Å². The summed E-state index contributed by atoms with van der Waals surface area (Å²) in [7, 11) is 1.38. The largest absolute Gasteiger partial charge is 0.469 e. The van der Waals surface area contributed by atoms with Crippen molar-refractivity contribution in [2.45, 2.75) is 32.6 Å². The molecule has 2 heterocycles. The molecule has 0 fully saturated rings. The molecule has 25 heavy (non-hydrogen) atoms. The van der Waals surface area contributed by atoms with E-state index in [0.29, 0.717) is 25.9 Å². The Morgan fingerprint density at radius 1 is 1.20 bits per heavy atom. The van der Waals surface area contributed by atoms with E-state index in [2.05, 4.69) is 37.9 Å². The third kappa shape index (κ3) is 6.83. The van der Waals surface area contributed by atoms with Crippen LogP contribution in [0.5, 0.6) is 0 Å². The molecule has 0 unspecified atom stereocenters. The van der Waals surface area contributed by atoms with Crippen molar-refractivity contribution < 1.29 is 14.3 Å². The van der Waals surface area contributed by atoms with Crippen molar-refractivity contribution in [2.24, 2.45) is 0 Å². The van der Waals surface area contributed by atoms with Crippen LogP contribution in [0, 0.1) is 6.92 Å². The minimum atomic E-state index is -0.215. The first-order chi connectivity index (χ1) is 12.1. The summed E-state index contributed by atoms with van der Waals surface area (Å²) in [6, 6.07) is 3.99. The van der Waals surface area contributed by atoms with Crippen molar-refractivity contribution in [1.82, 2.24) is 15.6 Å². The van der Waals surface area contributed by atoms with Crippen LogP contribution < -0.4 is 10.6 Å². The number of thiazole rings is 1. The van der Waals surface area contributed by atoms with Gasteiger partial charge in [-0.15, -0.1) is 22.7 Å². The fourth-order valence-corrected chi connectivity index (χ4v) is 3.84. The van der Waals surface area contributed by atoms with Gasteiger partial charge < -0.3 is 15.4 Å². The fourth-order valence-electron chi connectivity index (χ4n) is 2.19. The van der Waals surface area contributed by atoms with Gasteiger partial charge in [-0.3, -0.25) is 4.79 Å². The summed E-state index contributed by atoms with van der Waals surface area (Å²) >= 11 is 3.36. The summed E-state index contributed by atoms with van der Waals surface area (Å²) < 4.78 is 4.56. The zero-order valence-corrected chi connectivity index (χ0v) is 16.1. The van der Waals surface area contributed by atoms with Gasteiger partial charge in [0.2, 0.25) is 0 Å². The van der Waals surface area contributed by atoms with Crippen LogP contribution in [0.2, 0.25) is 0 Å². The maximum atomic E-state index is 11.7. The van der Waals surface area contributed by atoms with Crippen LogP contribution in [0.3, 0.4) is 0 Å². The summed E-state index contributed by atoms with van der Waals surface area (Å²) in [5.41, 5.74) is 1.02. The molecule has 6 nitrogen and oxygen atoms in total. The van der Waals surface area contributed by atoms with E-state index in [4.69, 9.17) is 0 Å². The van der Waals surface area contributed by atoms with Crippen molar-refractivity contribution in [1.29, 1.82) is 0 Å². The predicted octanol–water partition coefficient (Wildman–Crippen LogP) is 3.37. The smallest absolute Gasteiger partial charge is 0.314 e. The summed E-state index contributed by atoms with van der Waals surface area (Å²) in [4.78, 5) is 29.5. The van der Waals surface area contributed by atoms with Gasteiger partial charge in [0.05, 0.1) is 22.7 Å². The number of amides is 2. The number of methoxy groups -OCH3 is 1. The van der Waals surface area contributed by atoms with Gasteiger partial charge in [0.1, 0.15) is 0 Å². The van der Waals surface area contributed by atoms with Gasteiger partial charge in [0.15, 0.2) is 0 Å². The lowest BCUT2D eigenvalue weighted by molar-refractivity contribution is -0.140. The second-order valence-corrected chi connectivity index (χ2v) is 7.71. The molecule has 8 heteroatoms. The standard InChI is InChI=1S/C17H23N3O3S2/c1-12-20-14(11-24-12)15-7-6-13(25-15)8-10-19-17(22)18-9-4-3-5-16(21)23-2/h6-7,11H,3-5,8-10H2,1-2H3,(H2,18,19,22). The Hall–Kier alpha value is -1.93. The van der Waals surface area contributed by atoms with Crippen molar-refractivity contribution in [3.63, 3.8) is 0 Å². The van der Waals surface area contributed by atoms with E-state index in [0.717, 1.165) is 28.4 Å². The molecule has 2 amide bonds. The first-order valence-corrected chi connectivity index (χ1v) is 9.88. The molecule has 2 N–H and O–H groups in total. The van der Waals surface area contributed by atoms with E-state index in [9.17, 15) is 9.59 Å². The number of aryl methyl sites for hydroxylation is 1. The molecule has 136 valence electrons. The summed E-state index contributed by atoms with van der Waals surface area (Å²) in [5.74, 6) is -0.215. The molecule has 0 spiro atoms. The quantitative estimate of drug-likeness (QED) is 0.515.